The third-order valence-corrected chi connectivity index (χ3v) is 20.3. The summed E-state index contributed by atoms with van der Waals surface area (Å²) in [7, 11) is 0. The predicted octanol–water partition coefficient (Wildman–Crippen LogP) is 14.3. The molecule has 0 saturated heterocycles. The Labute approximate surface area is 560 Å². The molecular weight excluding hydrogens is 1190 g/mol. The van der Waals surface area contributed by atoms with Crippen LogP contribution in [0.2, 0.25) is 0 Å². The van der Waals surface area contributed by atoms with Gasteiger partial charge in [0.05, 0.1) is 23.7 Å². The predicted molar refractivity (Wildman–Crippen MR) is 358 cm³/mol. The molecule has 4 saturated carbocycles. The highest BCUT2D eigenvalue weighted by Crippen LogP contribution is 2.37. The van der Waals surface area contributed by atoms with Gasteiger partial charge >= 0.3 is 47.8 Å². The van der Waals surface area contributed by atoms with Gasteiger partial charge in [0, 0.05) is 13.2 Å². The third-order valence-electron chi connectivity index (χ3n) is 20.3. The van der Waals surface area contributed by atoms with E-state index in [1.165, 1.54) is 77.0 Å². The fourth-order valence-corrected chi connectivity index (χ4v) is 14.3. The minimum Gasteiger partial charge on any atom is -0.462 e. The van der Waals surface area contributed by atoms with Crippen molar-refractivity contribution in [2.45, 2.75) is 267 Å². The normalized spacial score (nSPS) is 22.5. The Hall–Kier alpha value is -4.32. The SMILES string of the molecule is CC(C)CCCC1CCC(C(=O)OCCOC(=O)C(CCCN(CCCO)CCCC(C(=O)OCCOC(=O)C2CCC(CCCC(C)C)CC2)C(=O)OCCOC(=O)C2CCC(CCCC(C)C)CC2)C(=O)OCCOC(=O)C2CCC(CCCC(C)C)CC2)CC1. The van der Waals surface area contributed by atoms with E-state index in [2.05, 4.69) is 55.4 Å². The number of nitrogens with zero attached hydrogens (tertiary/aromatic N) is 1. The van der Waals surface area contributed by atoms with Crippen LogP contribution in [0.1, 0.15) is 267 Å². The van der Waals surface area contributed by atoms with Gasteiger partial charge in [-0.15, -0.1) is 0 Å². The molecule has 18 heteroatoms. The van der Waals surface area contributed by atoms with Crippen molar-refractivity contribution in [1.82, 2.24) is 4.90 Å². The summed E-state index contributed by atoms with van der Waals surface area (Å²) in [6.07, 6.45) is 29.3. The van der Waals surface area contributed by atoms with Crippen molar-refractivity contribution in [2.24, 2.45) is 82.9 Å². The molecule has 0 heterocycles. The first-order chi connectivity index (χ1) is 44.7. The van der Waals surface area contributed by atoms with E-state index in [1.54, 1.807) is 0 Å². The van der Waals surface area contributed by atoms with Gasteiger partial charge in [0.1, 0.15) is 52.9 Å². The minimum atomic E-state index is -1.35. The van der Waals surface area contributed by atoms with Gasteiger partial charge in [0.25, 0.3) is 0 Å². The number of carbonyl (C=O) groups excluding carboxylic acids is 8. The second-order valence-electron chi connectivity index (χ2n) is 29.8. The van der Waals surface area contributed by atoms with Gasteiger partial charge in [-0.3, -0.25) is 38.4 Å². The van der Waals surface area contributed by atoms with Crippen molar-refractivity contribution in [2.75, 3.05) is 79.1 Å². The molecule has 0 aliphatic heterocycles. The first-order valence-corrected chi connectivity index (χ1v) is 37.4. The summed E-state index contributed by atoms with van der Waals surface area (Å²) in [6, 6.07) is 0. The van der Waals surface area contributed by atoms with Crippen LogP contribution in [0.3, 0.4) is 0 Å². The smallest absolute Gasteiger partial charge is 0.320 e. The zero-order valence-corrected chi connectivity index (χ0v) is 59.3. The Morgan fingerprint density at radius 2 is 0.516 bits per heavy atom. The highest BCUT2D eigenvalue weighted by atomic mass is 16.6. The van der Waals surface area contributed by atoms with E-state index < -0.39 is 35.7 Å². The van der Waals surface area contributed by atoms with Gasteiger partial charge in [-0.2, -0.15) is 0 Å². The molecule has 0 radical (unpaired) electrons. The maximum Gasteiger partial charge on any atom is 0.320 e. The van der Waals surface area contributed by atoms with Crippen molar-refractivity contribution in [1.29, 1.82) is 0 Å². The number of ether oxygens (including phenoxy) is 8. The molecule has 4 aliphatic carbocycles. The molecule has 4 aliphatic rings. The molecule has 1 N–H and O–H groups in total. The van der Waals surface area contributed by atoms with Crippen molar-refractivity contribution in [3.63, 3.8) is 0 Å². The van der Waals surface area contributed by atoms with E-state index >= 15 is 0 Å². The van der Waals surface area contributed by atoms with Crippen LogP contribution in [0.15, 0.2) is 0 Å². The van der Waals surface area contributed by atoms with Crippen molar-refractivity contribution < 1.29 is 81.4 Å². The van der Waals surface area contributed by atoms with Gasteiger partial charge in [-0.25, -0.2) is 0 Å². The molecule has 18 nitrogen and oxygen atoms in total. The quantitative estimate of drug-likeness (QED) is 0.0258. The summed E-state index contributed by atoms with van der Waals surface area (Å²) in [5, 5.41) is 9.90. The van der Waals surface area contributed by atoms with Crippen LogP contribution in [0, 0.1) is 82.9 Å². The number of esters is 8. The van der Waals surface area contributed by atoms with Crippen LogP contribution >= 0.6 is 0 Å². The Kier molecular flexibility index (Phi) is 41.5. The second kappa shape index (κ2) is 47.6. The van der Waals surface area contributed by atoms with Gasteiger partial charge in [-0.1, -0.05) is 132 Å². The lowest BCUT2D eigenvalue weighted by Gasteiger charge is -2.27. The van der Waals surface area contributed by atoms with Gasteiger partial charge < -0.3 is 47.9 Å². The first kappa shape index (κ1) is 81.1. The molecular formula is C75H129NO17. The first-order valence-electron chi connectivity index (χ1n) is 37.4. The van der Waals surface area contributed by atoms with Crippen LogP contribution < -0.4 is 0 Å². The van der Waals surface area contributed by atoms with Gasteiger partial charge in [0.2, 0.25) is 0 Å². The zero-order chi connectivity index (χ0) is 67.8. The molecule has 0 unspecified atom stereocenters. The Morgan fingerprint density at radius 3 is 0.731 bits per heavy atom. The third kappa shape index (κ3) is 35.0. The lowest BCUT2D eigenvalue weighted by molar-refractivity contribution is -0.168. The molecule has 4 rings (SSSR count). The molecule has 0 atom stereocenters. The van der Waals surface area contributed by atoms with E-state index in [0.717, 1.165) is 103 Å². The summed E-state index contributed by atoms with van der Waals surface area (Å²) >= 11 is 0. The molecule has 0 bridgehead atoms. The molecule has 0 spiro atoms. The van der Waals surface area contributed by atoms with Crippen molar-refractivity contribution >= 4 is 47.8 Å². The Morgan fingerprint density at radius 1 is 0.301 bits per heavy atom. The highest BCUT2D eigenvalue weighted by molar-refractivity contribution is 5.95. The van der Waals surface area contributed by atoms with E-state index in [0.29, 0.717) is 86.2 Å². The molecule has 4 fully saturated rings. The van der Waals surface area contributed by atoms with E-state index in [-0.39, 0.29) is 120 Å². The molecule has 0 aromatic heterocycles. The van der Waals surface area contributed by atoms with E-state index in [4.69, 9.17) is 37.9 Å². The number of aliphatic hydroxyl groups is 1. The summed E-state index contributed by atoms with van der Waals surface area (Å²) in [4.78, 5) is 109. The number of rotatable bonds is 47. The molecule has 93 heavy (non-hydrogen) atoms. The topological polar surface area (TPSA) is 234 Å². The van der Waals surface area contributed by atoms with Gasteiger partial charge in [-0.05, 0) is 195 Å². The average molecular weight is 1320 g/mol. The summed E-state index contributed by atoms with van der Waals surface area (Å²) < 4.78 is 44.6. The average Bonchev–Trinajstić information content (AvgIpc) is 2.00. The van der Waals surface area contributed by atoms with Crippen LogP contribution in [0.4, 0.5) is 0 Å². The number of carbonyl (C=O) groups is 8. The van der Waals surface area contributed by atoms with Gasteiger partial charge in [0.15, 0.2) is 11.8 Å². The molecule has 0 aromatic rings. The zero-order valence-electron chi connectivity index (χ0n) is 59.3. The van der Waals surface area contributed by atoms with Crippen LogP contribution in [-0.2, 0) is 76.3 Å². The highest BCUT2D eigenvalue weighted by Gasteiger charge is 2.35. The fraction of sp³-hybridized carbons (Fsp3) is 0.893. The second-order valence-corrected chi connectivity index (χ2v) is 29.8. The van der Waals surface area contributed by atoms with Crippen molar-refractivity contribution in [3.8, 4) is 0 Å². The fourth-order valence-electron chi connectivity index (χ4n) is 14.3. The van der Waals surface area contributed by atoms with E-state index in [9.17, 15) is 43.5 Å². The van der Waals surface area contributed by atoms with E-state index in [1.807, 2.05) is 4.90 Å². The largest absolute Gasteiger partial charge is 0.462 e. The summed E-state index contributed by atoms with van der Waals surface area (Å²) in [5.74, 6) is -2.91. The maximum atomic E-state index is 13.8. The molecule has 536 valence electrons. The summed E-state index contributed by atoms with van der Waals surface area (Å²) in [5.41, 5.74) is 0. The Balaban J connectivity index is 1.33. The number of hydrogen-bond acceptors (Lipinski definition) is 18. The lowest BCUT2D eigenvalue weighted by atomic mass is 9.79. The standard InChI is InChI=1S/C75H129NO17/c1-54(2)16-9-20-58-26-34-62(35-27-58)68(78)86-46-50-90-72(82)66(73(83)91-51-47-87-69(79)63-36-28-59(29-37-63)21-10-17-55(3)4)24-13-42-76(44-15-45-77)43-14-25-67(74(84)92-52-48-88-70(80)64-38-30-60(31-39-64)22-11-18-56(5)6)75(85)93-53-49-89-71(81)65-40-32-61(33-41-65)23-12-19-57(7)8/h54-67,77H,9-53H2,1-8H3. The summed E-state index contributed by atoms with van der Waals surface area (Å²) in [6.45, 7) is 17.3. The number of hydrogen-bond donors (Lipinski definition) is 1. The Bertz CT molecular complexity index is 1820. The molecule has 0 aromatic carbocycles. The van der Waals surface area contributed by atoms with Crippen LogP contribution in [0.5, 0.6) is 0 Å². The minimum absolute atomic E-state index is 0.0174. The van der Waals surface area contributed by atoms with Crippen LogP contribution in [0.25, 0.3) is 0 Å². The van der Waals surface area contributed by atoms with Crippen LogP contribution in [-0.4, -0.2) is 137 Å². The number of aliphatic hydroxyl groups excluding tert-OH is 1. The molecule has 0 amide bonds. The maximum absolute atomic E-state index is 13.8. The lowest BCUT2D eigenvalue weighted by Crippen LogP contribution is -2.34. The monoisotopic (exact) mass is 1320 g/mol. The van der Waals surface area contributed by atoms with Crippen molar-refractivity contribution in [3.05, 3.63) is 0 Å².